The molecule has 0 spiro atoms. The summed E-state index contributed by atoms with van der Waals surface area (Å²) in [5, 5.41) is 0.727. The maximum absolute atomic E-state index is 12.7. The van der Waals surface area contributed by atoms with Crippen molar-refractivity contribution < 1.29 is 14.0 Å². The van der Waals surface area contributed by atoms with Gasteiger partial charge in [0.2, 0.25) is 5.91 Å². The number of halogens is 1. The van der Waals surface area contributed by atoms with Crippen LogP contribution in [0.3, 0.4) is 0 Å². The van der Waals surface area contributed by atoms with Gasteiger partial charge < -0.3 is 19.1 Å². The molecule has 7 nitrogen and oxygen atoms in total. The van der Waals surface area contributed by atoms with Crippen LogP contribution in [0.15, 0.2) is 47.1 Å². The van der Waals surface area contributed by atoms with Crippen LogP contribution in [0.4, 0.5) is 5.69 Å². The predicted molar refractivity (Wildman–Crippen MR) is 111 cm³/mol. The van der Waals surface area contributed by atoms with E-state index in [1.807, 2.05) is 29.2 Å². The summed E-state index contributed by atoms with van der Waals surface area (Å²) in [6, 6.07) is 11.2. The monoisotopic (exact) mass is 416 g/mol. The van der Waals surface area contributed by atoms with Gasteiger partial charge in [0.15, 0.2) is 5.76 Å². The Hall–Kier alpha value is -2.51. The molecule has 3 heterocycles. The number of rotatable bonds is 4. The van der Waals surface area contributed by atoms with Crippen LogP contribution in [-0.4, -0.2) is 85.4 Å². The first-order valence-corrected chi connectivity index (χ1v) is 10.3. The van der Waals surface area contributed by atoms with Crippen LogP contribution in [0, 0.1) is 0 Å². The molecule has 0 radical (unpaired) electrons. The van der Waals surface area contributed by atoms with Gasteiger partial charge in [0.05, 0.1) is 12.8 Å². The zero-order chi connectivity index (χ0) is 20.2. The lowest BCUT2D eigenvalue weighted by atomic mass is 10.2. The first-order chi connectivity index (χ1) is 14.1. The Morgan fingerprint density at radius 1 is 0.897 bits per heavy atom. The molecule has 0 saturated carbocycles. The molecule has 1 aromatic heterocycles. The van der Waals surface area contributed by atoms with Crippen LogP contribution in [0.2, 0.25) is 5.02 Å². The van der Waals surface area contributed by atoms with Gasteiger partial charge in [-0.2, -0.15) is 0 Å². The third kappa shape index (κ3) is 4.74. The predicted octanol–water partition coefficient (Wildman–Crippen LogP) is 2.04. The summed E-state index contributed by atoms with van der Waals surface area (Å²) < 4.78 is 5.19. The summed E-state index contributed by atoms with van der Waals surface area (Å²) in [6.07, 6.45) is 1.51. The Kier molecular flexibility index (Phi) is 6.06. The number of carbonyl (C=O) groups is 2. The zero-order valence-electron chi connectivity index (χ0n) is 16.3. The molecular formula is C21H25ClN4O3. The van der Waals surface area contributed by atoms with E-state index in [4.69, 9.17) is 16.0 Å². The maximum atomic E-state index is 12.7. The molecule has 0 aliphatic carbocycles. The van der Waals surface area contributed by atoms with Crippen LogP contribution >= 0.6 is 11.6 Å². The highest BCUT2D eigenvalue weighted by Crippen LogP contribution is 2.21. The quantitative estimate of drug-likeness (QED) is 0.763. The minimum absolute atomic E-state index is 0.0851. The molecule has 0 atom stereocenters. The number of amides is 2. The smallest absolute Gasteiger partial charge is 0.289 e. The average molecular weight is 417 g/mol. The van der Waals surface area contributed by atoms with Crippen LogP contribution < -0.4 is 4.90 Å². The fourth-order valence-electron chi connectivity index (χ4n) is 3.84. The van der Waals surface area contributed by atoms with Crippen molar-refractivity contribution in [3.05, 3.63) is 53.4 Å². The van der Waals surface area contributed by atoms with Gasteiger partial charge in [-0.05, 0) is 30.3 Å². The van der Waals surface area contributed by atoms with E-state index in [1.165, 1.54) is 6.26 Å². The molecule has 154 valence electrons. The molecule has 2 aliphatic heterocycles. The highest BCUT2D eigenvalue weighted by molar-refractivity contribution is 6.30. The molecule has 2 aromatic rings. The number of piperazine rings is 2. The van der Waals surface area contributed by atoms with Gasteiger partial charge in [0.1, 0.15) is 0 Å². The molecule has 2 amide bonds. The fraction of sp³-hybridized carbons (Fsp3) is 0.429. The molecule has 1 aromatic carbocycles. The standard InChI is InChI=1S/C21H25ClN4O3/c22-17-3-1-4-18(15-17)24-10-12-25(13-11-24)20(27)16-23-6-8-26(9-7-23)21(28)19-5-2-14-29-19/h1-5,14-15H,6-13,16H2. The van der Waals surface area contributed by atoms with Crippen molar-refractivity contribution in [1.29, 1.82) is 0 Å². The number of hydrogen-bond donors (Lipinski definition) is 0. The average Bonchev–Trinajstić information content (AvgIpc) is 3.29. The number of hydrogen-bond acceptors (Lipinski definition) is 5. The van der Waals surface area contributed by atoms with E-state index in [0.29, 0.717) is 51.6 Å². The van der Waals surface area contributed by atoms with Crippen molar-refractivity contribution in [2.45, 2.75) is 0 Å². The van der Waals surface area contributed by atoms with E-state index in [2.05, 4.69) is 9.80 Å². The molecule has 2 aliphatic rings. The highest BCUT2D eigenvalue weighted by atomic mass is 35.5. The van der Waals surface area contributed by atoms with E-state index in [0.717, 1.165) is 23.8 Å². The van der Waals surface area contributed by atoms with Crippen LogP contribution in [-0.2, 0) is 4.79 Å². The van der Waals surface area contributed by atoms with Gasteiger partial charge in [-0.25, -0.2) is 0 Å². The third-order valence-electron chi connectivity index (χ3n) is 5.56. The maximum Gasteiger partial charge on any atom is 0.289 e. The van der Waals surface area contributed by atoms with Gasteiger partial charge in [0.25, 0.3) is 5.91 Å². The number of anilines is 1. The topological polar surface area (TPSA) is 60.2 Å². The van der Waals surface area contributed by atoms with Crippen LogP contribution in [0.25, 0.3) is 0 Å². The van der Waals surface area contributed by atoms with Crippen molar-refractivity contribution in [2.24, 2.45) is 0 Å². The largest absolute Gasteiger partial charge is 0.459 e. The van der Waals surface area contributed by atoms with Crippen molar-refractivity contribution in [3.63, 3.8) is 0 Å². The van der Waals surface area contributed by atoms with Gasteiger partial charge in [0, 0.05) is 63.1 Å². The van der Waals surface area contributed by atoms with Crippen LogP contribution in [0.1, 0.15) is 10.6 Å². The van der Waals surface area contributed by atoms with Crippen molar-refractivity contribution >= 4 is 29.1 Å². The lowest BCUT2D eigenvalue weighted by Gasteiger charge is -2.38. The molecule has 29 heavy (non-hydrogen) atoms. The van der Waals surface area contributed by atoms with E-state index in [-0.39, 0.29) is 11.8 Å². The summed E-state index contributed by atoms with van der Waals surface area (Å²) in [6.45, 7) is 6.03. The Balaban J connectivity index is 1.22. The molecule has 0 bridgehead atoms. The van der Waals surface area contributed by atoms with Crippen LogP contribution in [0.5, 0.6) is 0 Å². The minimum atomic E-state index is -0.0851. The molecule has 2 saturated heterocycles. The van der Waals surface area contributed by atoms with E-state index in [9.17, 15) is 9.59 Å². The Bertz CT molecular complexity index is 841. The lowest BCUT2D eigenvalue weighted by molar-refractivity contribution is -0.133. The fourth-order valence-corrected chi connectivity index (χ4v) is 4.03. The minimum Gasteiger partial charge on any atom is -0.459 e. The zero-order valence-corrected chi connectivity index (χ0v) is 17.1. The normalized spacial score (nSPS) is 18.2. The summed E-state index contributed by atoms with van der Waals surface area (Å²) in [5.41, 5.74) is 1.10. The van der Waals surface area contributed by atoms with Crippen molar-refractivity contribution in [3.8, 4) is 0 Å². The third-order valence-corrected chi connectivity index (χ3v) is 5.79. The summed E-state index contributed by atoms with van der Waals surface area (Å²) >= 11 is 6.08. The summed E-state index contributed by atoms with van der Waals surface area (Å²) in [5.74, 6) is 0.437. The number of benzene rings is 1. The Morgan fingerprint density at radius 2 is 1.62 bits per heavy atom. The van der Waals surface area contributed by atoms with E-state index >= 15 is 0 Å². The second-order valence-corrected chi connectivity index (χ2v) is 7.83. The highest BCUT2D eigenvalue weighted by Gasteiger charge is 2.27. The van der Waals surface area contributed by atoms with E-state index in [1.54, 1.807) is 17.0 Å². The van der Waals surface area contributed by atoms with E-state index < -0.39 is 0 Å². The molecule has 4 rings (SSSR count). The first kappa shape index (κ1) is 19.8. The van der Waals surface area contributed by atoms with Crippen molar-refractivity contribution in [2.75, 3.05) is 63.8 Å². The summed E-state index contributed by atoms with van der Waals surface area (Å²) in [7, 11) is 0. The molecular weight excluding hydrogens is 392 g/mol. The summed E-state index contributed by atoms with van der Waals surface area (Å²) in [4.78, 5) is 33.1. The SMILES string of the molecule is O=C(CN1CCN(C(=O)c2ccco2)CC1)N1CCN(c2cccc(Cl)c2)CC1. The molecule has 0 unspecified atom stereocenters. The van der Waals surface area contributed by atoms with Gasteiger partial charge in [-0.1, -0.05) is 17.7 Å². The second-order valence-electron chi connectivity index (χ2n) is 7.39. The van der Waals surface area contributed by atoms with Gasteiger partial charge in [-0.15, -0.1) is 0 Å². The number of furan rings is 1. The molecule has 8 heteroatoms. The first-order valence-electron chi connectivity index (χ1n) is 9.93. The Morgan fingerprint density at radius 3 is 2.28 bits per heavy atom. The second kappa shape index (κ2) is 8.88. The van der Waals surface area contributed by atoms with Gasteiger partial charge >= 0.3 is 0 Å². The number of carbonyl (C=O) groups excluding carboxylic acids is 2. The Labute approximate surface area is 175 Å². The van der Waals surface area contributed by atoms with Crippen molar-refractivity contribution in [1.82, 2.24) is 14.7 Å². The number of nitrogens with zero attached hydrogens (tertiary/aromatic N) is 4. The molecule has 2 fully saturated rings. The van der Waals surface area contributed by atoms with Gasteiger partial charge in [-0.3, -0.25) is 14.5 Å². The lowest BCUT2D eigenvalue weighted by Crippen LogP contribution is -2.54. The molecule has 0 N–H and O–H groups in total.